The summed E-state index contributed by atoms with van der Waals surface area (Å²) in [7, 11) is 0. The van der Waals surface area contributed by atoms with E-state index in [1.807, 2.05) is 0 Å². The lowest BCUT2D eigenvalue weighted by Crippen LogP contribution is -2.38. The van der Waals surface area contributed by atoms with Gasteiger partial charge in [-0.25, -0.2) is 4.98 Å². The maximum atomic E-state index is 5.57. The molecule has 5 nitrogen and oxygen atoms in total. The van der Waals surface area contributed by atoms with E-state index in [0.717, 1.165) is 62.9 Å². The van der Waals surface area contributed by atoms with Crippen molar-refractivity contribution in [2.45, 2.75) is 40.0 Å². The van der Waals surface area contributed by atoms with Gasteiger partial charge in [0.05, 0.1) is 17.3 Å². The third-order valence-electron chi connectivity index (χ3n) is 4.47. The fraction of sp³-hybridized carbons (Fsp3) is 0.500. The minimum absolute atomic E-state index is 0. The molecule has 1 aromatic carbocycles. The number of rotatable bonds is 7. The van der Waals surface area contributed by atoms with Crippen molar-refractivity contribution in [3.8, 4) is 5.75 Å². The zero-order chi connectivity index (χ0) is 18.4. The molecule has 3 rings (SSSR count). The number of hydrogen-bond donors (Lipinski definition) is 2. The van der Waals surface area contributed by atoms with E-state index < -0.39 is 0 Å². The Balaban J connectivity index is 0.00000261. The maximum Gasteiger partial charge on any atom is 0.191 e. The number of guanidine groups is 1. The van der Waals surface area contributed by atoms with Crippen LogP contribution in [0.1, 0.15) is 33.6 Å². The smallest absolute Gasteiger partial charge is 0.191 e. The third-order valence-corrected chi connectivity index (χ3v) is 5.61. The van der Waals surface area contributed by atoms with E-state index in [9.17, 15) is 0 Å². The Morgan fingerprint density at radius 3 is 2.85 bits per heavy atom. The van der Waals surface area contributed by atoms with Crippen molar-refractivity contribution in [3.05, 3.63) is 44.9 Å². The number of nitrogens with one attached hydrogen (secondary N) is 2. The van der Waals surface area contributed by atoms with E-state index in [4.69, 9.17) is 4.74 Å². The molecule has 0 spiro atoms. The molecule has 0 radical (unpaired) electrons. The number of hydrogen-bond acceptors (Lipinski definition) is 4. The van der Waals surface area contributed by atoms with E-state index in [2.05, 4.69) is 59.6 Å². The lowest BCUT2D eigenvalue weighted by molar-refractivity contribution is 0.357. The highest BCUT2D eigenvalue weighted by molar-refractivity contribution is 14.0. The normalized spacial score (nSPS) is 12.9. The van der Waals surface area contributed by atoms with Crippen molar-refractivity contribution in [1.82, 2.24) is 15.6 Å². The molecular formula is C20H29IN4OS. The number of ether oxygens (including phenoxy) is 1. The molecule has 0 saturated carbocycles. The number of halogens is 1. The molecule has 0 unspecified atom stereocenters. The van der Waals surface area contributed by atoms with E-state index in [0.29, 0.717) is 0 Å². The summed E-state index contributed by atoms with van der Waals surface area (Å²) in [5.74, 6) is 1.92. The Bertz CT molecular complexity index is 756. The first kappa shape index (κ1) is 21.9. The molecular weight excluding hydrogens is 471 g/mol. The predicted molar refractivity (Wildman–Crippen MR) is 124 cm³/mol. The van der Waals surface area contributed by atoms with Crippen LogP contribution in [0.2, 0.25) is 0 Å². The fourth-order valence-electron chi connectivity index (χ4n) is 2.97. The van der Waals surface area contributed by atoms with Crippen LogP contribution in [0.3, 0.4) is 0 Å². The Kier molecular flexibility index (Phi) is 8.82. The van der Waals surface area contributed by atoms with Crippen molar-refractivity contribution < 1.29 is 4.74 Å². The molecule has 2 aromatic rings. The van der Waals surface area contributed by atoms with Gasteiger partial charge in [0.1, 0.15) is 5.75 Å². The Hall–Kier alpha value is -1.35. The lowest BCUT2D eigenvalue weighted by Gasteiger charge is -2.11. The maximum absolute atomic E-state index is 5.57. The van der Waals surface area contributed by atoms with Gasteiger partial charge in [-0.05, 0) is 44.4 Å². The molecule has 1 aromatic heterocycles. The van der Waals surface area contributed by atoms with Gasteiger partial charge >= 0.3 is 0 Å². The summed E-state index contributed by atoms with van der Waals surface area (Å²) in [6, 6.07) is 6.51. The molecule has 0 saturated heterocycles. The molecule has 0 atom stereocenters. The Morgan fingerprint density at radius 1 is 1.26 bits per heavy atom. The van der Waals surface area contributed by atoms with Crippen LogP contribution in [0.15, 0.2) is 23.2 Å². The van der Waals surface area contributed by atoms with Crippen LogP contribution in [-0.4, -0.2) is 37.2 Å². The first-order chi connectivity index (χ1) is 12.7. The number of aliphatic imine (C=N–C) groups is 1. The summed E-state index contributed by atoms with van der Waals surface area (Å²) >= 11 is 1.77. The molecule has 1 aliphatic rings. The van der Waals surface area contributed by atoms with Gasteiger partial charge in [-0.15, -0.1) is 35.3 Å². The predicted octanol–water partition coefficient (Wildman–Crippen LogP) is 3.65. The highest BCUT2D eigenvalue weighted by Gasteiger charge is 2.11. The van der Waals surface area contributed by atoms with Crippen molar-refractivity contribution in [2.24, 2.45) is 4.99 Å². The van der Waals surface area contributed by atoms with Crippen LogP contribution in [0.5, 0.6) is 5.75 Å². The molecule has 7 heteroatoms. The molecule has 27 heavy (non-hydrogen) atoms. The van der Waals surface area contributed by atoms with Gasteiger partial charge in [0.2, 0.25) is 0 Å². The number of benzene rings is 1. The van der Waals surface area contributed by atoms with Gasteiger partial charge in [0.25, 0.3) is 0 Å². The molecule has 0 bridgehead atoms. The molecule has 2 heterocycles. The molecule has 1 aliphatic heterocycles. The van der Waals surface area contributed by atoms with Gasteiger partial charge in [-0.2, -0.15) is 0 Å². The second-order valence-corrected chi connectivity index (χ2v) is 7.76. The summed E-state index contributed by atoms with van der Waals surface area (Å²) in [4.78, 5) is 10.6. The number of aryl methyl sites for hydroxylation is 2. The van der Waals surface area contributed by atoms with Gasteiger partial charge in [0, 0.05) is 37.4 Å². The topological polar surface area (TPSA) is 58.5 Å². The zero-order valence-electron chi connectivity index (χ0n) is 16.3. The summed E-state index contributed by atoms with van der Waals surface area (Å²) < 4.78 is 5.57. The second kappa shape index (κ2) is 10.8. The van der Waals surface area contributed by atoms with Crippen molar-refractivity contribution in [3.63, 3.8) is 0 Å². The van der Waals surface area contributed by atoms with Crippen LogP contribution in [0.25, 0.3) is 0 Å². The monoisotopic (exact) mass is 500 g/mol. The number of nitrogens with zero attached hydrogens (tertiary/aromatic N) is 2. The van der Waals surface area contributed by atoms with Crippen LogP contribution >= 0.6 is 35.3 Å². The highest BCUT2D eigenvalue weighted by Crippen LogP contribution is 2.25. The minimum atomic E-state index is 0. The first-order valence-electron chi connectivity index (χ1n) is 9.35. The molecule has 0 amide bonds. The van der Waals surface area contributed by atoms with Crippen LogP contribution in [-0.2, 0) is 19.3 Å². The summed E-state index contributed by atoms with van der Waals surface area (Å²) in [5, 5.41) is 7.91. The van der Waals surface area contributed by atoms with Crippen molar-refractivity contribution >= 4 is 41.3 Å². The van der Waals surface area contributed by atoms with Gasteiger partial charge < -0.3 is 15.4 Å². The number of fused-ring (bicyclic) bond motifs is 1. The Morgan fingerprint density at radius 2 is 2.11 bits per heavy atom. The zero-order valence-corrected chi connectivity index (χ0v) is 19.4. The highest BCUT2D eigenvalue weighted by atomic mass is 127. The quantitative estimate of drug-likeness (QED) is 0.346. The number of thiazole rings is 1. The van der Waals surface area contributed by atoms with Gasteiger partial charge in [0.15, 0.2) is 5.96 Å². The summed E-state index contributed by atoms with van der Waals surface area (Å²) in [5.41, 5.74) is 3.81. The molecule has 0 aliphatic carbocycles. The molecule has 0 fully saturated rings. The minimum Gasteiger partial charge on any atom is -0.493 e. The fourth-order valence-corrected chi connectivity index (χ4v) is 3.89. The van der Waals surface area contributed by atoms with E-state index in [-0.39, 0.29) is 24.0 Å². The second-order valence-electron chi connectivity index (χ2n) is 6.48. The lowest BCUT2D eigenvalue weighted by atomic mass is 10.1. The molecule has 148 valence electrons. The average molecular weight is 500 g/mol. The Labute approximate surface area is 183 Å². The summed E-state index contributed by atoms with van der Waals surface area (Å²) in [6.45, 7) is 9.56. The van der Waals surface area contributed by atoms with Crippen LogP contribution in [0.4, 0.5) is 0 Å². The third kappa shape index (κ3) is 6.34. The average Bonchev–Trinajstić information content (AvgIpc) is 3.21. The van der Waals surface area contributed by atoms with E-state index >= 15 is 0 Å². The first-order valence-corrected chi connectivity index (χ1v) is 10.2. The van der Waals surface area contributed by atoms with Crippen LogP contribution < -0.4 is 15.4 Å². The largest absolute Gasteiger partial charge is 0.493 e. The van der Waals surface area contributed by atoms with Crippen molar-refractivity contribution in [1.29, 1.82) is 0 Å². The van der Waals surface area contributed by atoms with E-state index in [1.165, 1.54) is 21.0 Å². The van der Waals surface area contributed by atoms with Gasteiger partial charge in [-0.1, -0.05) is 12.1 Å². The summed E-state index contributed by atoms with van der Waals surface area (Å²) in [6.07, 6.45) is 2.89. The number of aromatic nitrogens is 1. The van der Waals surface area contributed by atoms with Gasteiger partial charge in [-0.3, -0.25) is 4.99 Å². The van der Waals surface area contributed by atoms with Crippen LogP contribution in [0, 0.1) is 13.8 Å². The van der Waals surface area contributed by atoms with E-state index in [1.54, 1.807) is 11.3 Å². The standard InChI is InChI=1S/C20H28N4OS.HI/c1-4-21-20(23-11-8-19-24-14(2)15(3)26-19)22-10-7-16-5-6-18-17(13-16)9-12-25-18;/h5-6,13H,4,7-12H2,1-3H3,(H2,21,22,23);1H. The van der Waals surface area contributed by atoms with Crippen molar-refractivity contribution in [2.75, 3.05) is 26.2 Å². The molecule has 2 N–H and O–H groups in total. The SMILES string of the molecule is CCNC(=NCCc1nc(C)c(C)s1)NCCc1ccc2c(c1)CCO2.I.